The van der Waals surface area contributed by atoms with E-state index < -0.39 is 0 Å². The molecule has 0 aliphatic heterocycles. The van der Waals surface area contributed by atoms with Crippen LogP contribution < -0.4 is 10.3 Å². The van der Waals surface area contributed by atoms with Crippen LogP contribution in [0.2, 0.25) is 0 Å². The smallest absolute Gasteiger partial charge is 0.211 e. The van der Waals surface area contributed by atoms with Gasteiger partial charge in [0.1, 0.15) is 0 Å². The minimum Gasteiger partial charge on any atom is -0.359 e. The Morgan fingerprint density at radius 1 is 0.815 bits per heavy atom. The first kappa shape index (κ1) is 18.0. The maximum absolute atomic E-state index is 13.2. The zero-order chi connectivity index (χ0) is 18.6. The molecule has 4 heteroatoms. The predicted octanol–water partition coefficient (Wildman–Crippen LogP) is 6.23. The van der Waals surface area contributed by atoms with Crippen molar-refractivity contribution in [3.8, 4) is 0 Å². The third-order valence-corrected chi connectivity index (χ3v) is 5.93. The average molecular weight is 436 g/mol. The first-order valence-electron chi connectivity index (χ1n) is 8.74. The third-order valence-electron chi connectivity index (χ3n) is 4.49. The van der Waals surface area contributed by atoms with E-state index in [2.05, 4.69) is 45.1 Å². The lowest BCUT2D eigenvalue weighted by Crippen LogP contribution is -2.27. The molecule has 0 aliphatic rings. The van der Waals surface area contributed by atoms with Crippen LogP contribution in [0.1, 0.15) is 11.1 Å². The zero-order valence-corrected chi connectivity index (χ0v) is 17.0. The maximum atomic E-state index is 13.2. The second kappa shape index (κ2) is 8.07. The van der Waals surface area contributed by atoms with Gasteiger partial charge >= 0.3 is 0 Å². The fraction of sp³-hybridized carbons (Fsp3) is 0.0870. The molecule has 134 valence electrons. The number of anilines is 1. The van der Waals surface area contributed by atoms with E-state index in [9.17, 15) is 4.79 Å². The van der Waals surface area contributed by atoms with Gasteiger partial charge in [0.25, 0.3) is 0 Å². The highest BCUT2D eigenvalue weighted by Crippen LogP contribution is 2.26. The van der Waals surface area contributed by atoms with Crippen molar-refractivity contribution < 1.29 is 0 Å². The molecule has 1 aromatic heterocycles. The van der Waals surface area contributed by atoms with E-state index in [1.807, 2.05) is 60.0 Å². The standard InChI is InChI=1S/C23H18BrNOS/c24-19-11-12-22-20(13-19)23(26)21(16-27-22)25(14-17-7-3-1-4-8-17)15-18-9-5-2-6-10-18/h1-13,16H,14-15H2. The fourth-order valence-electron chi connectivity index (χ4n) is 3.15. The number of halogens is 1. The zero-order valence-electron chi connectivity index (χ0n) is 14.6. The van der Waals surface area contributed by atoms with Crippen LogP contribution in [-0.4, -0.2) is 0 Å². The van der Waals surface area contributed by atoms with Crippen LogP contribution in [0.25, 0.3) is 10.1 Å². The molecule has 3 aromatic carbocycles. The normalized spacial score (nSPS) is 10.9. The number of benzene rings is 3. The summed E-state index contributed by atoms with van der Waals surface area (Å²) >= 11 is 5.10. The van der Waals surface area contributed by atoms with Crippen molar-refractivity contribution in [2.24, 2.45) is 0 Å². The topological polar surface area (TPSA) is 20.3 Å². The van der Waals surface area contributed by atoms with Crippen molar-refractivity contribution in [2.75, 3.05) is 4.90 Å². The summed E-state index contributed by atoms with van der Waals surface area (Å²) in [5.74, 6) is 0. The van der Waals surface area contributed by atoms with E-state index in [-0.39, 0.29) is 5.43 Å². The van der Waals surface area contributed by atoms with Gasteiger partial charge in [-0.3, -0.25) is 4.79 Å². The van der Waals surface area contributed by atoms with E-state index in [1.165, 1.54) is 11.1 Å². The van der Waals surface area contributed by atoms with Crippen molar-refractivity contribution in [1.82, 2.24) is 0 Å². The molecule has 0 bridgehead atoms. The fourth-order valence-corrected chi connectivity index (χ4v) is 4.43. The van der Waals surface area contributed by atoms with Gasteiger partial charge in [-0.15, -0.1) is 11.3 Å². The van der Waals surface area contributed by atoms with Gasteiger partial charge in [-0.2, -0.15) is 0 Å². The van der Waals surface area contributed by atoms with E-state index in [4.69, 9.17) is 0 Å². The molecule has 0 atom stereocenters. The predicted molar refractivity (Wildman–Crippen MR) is 119 cm³/mol. The molecule has 2 nitrogen and oxygen atoms in total. The van der Waals surface area contributed by atoms with Gasteiger partial charge in [-0.05, 0) is 29.3 Å². The summed E-state index contributed by atoms with van der Waals surface area (Å²) in [6.45, 7) is 1.38. The van der Waals surface area contributed by atoms with Gasteiger partial charge in [-0.1, -0.05) is 76.6 Å². The summed E-state index contributed by atoms with van der Waals surface area (Å²) in [7, 11) is 0. The van der Waals surface area contributed by atoms with Gasteiger partial charge in [0.15, 0.2) is 0 Å². The van der Waals surface area contributed by atoms with E-state index in [0.29, 0.717) is 13.1 Å². The molecule has 0 saturated carbocycles. The van der Waals surface area contributed by atoms with Crippen molar-refractivity contribution in [1.29, 1.82) is 0 Å². The molecule has 0 saturated heterocycles. The van der Waals surface area contributed by atoms with Crippen LogP contribution in [0.3, 0.4) is 0 Å². The van der Waals surface area contributed by atoms with Crippen molar-refractivity contribution in [3.05, 3.63) is 110 Å². The van der Waals surface area contributed by atoms with Gasteiger partial charge < -0.3 is 4.90 Å². The van der Waals surface area contributed by atoms with Crippen molar-refractivity contribution in [3.63, 3.8) is 0 Å². The Balaban J connectivity index is 1.78. The lowest BCUT2D eigenvalue weighted by molar-refractivity contribution is 0.799. The molecule has 0 N–H and O–H groups in total. The van der Waals surface area contributed by atoms with E-state index >= 15 is 0 Å². The van der Waals surface area contributed by atoms with E-state index in [0.717, 1.165) is 20.2 Å². The number of fused-ring (bicyclic) bond motifs is 1. The highest BCUT2D eigenvalue weighted by atomic mass is 79.9. The third kappa shape index (κ3) is 4.12. The molecule has 0 radical (unpaired) electrons. The minimum atomic E-state index is 0.0805. The highest BCUT2D eigenvalue weighted by molar-refractivity contribution is 9.10. The van der Waals surface area contributed by atoms with Gasteiger partial charge in [0, 0.05) is 33.0 Å². The van der Waals surface area contributed by atoms with Crippen LogP contribution in [0.5, 0.6) is 0 Å². The summed E-state index contributed by atoms with van der Waals surface area (Å²) in [4.78, 5) is 15.4. The molecular formula is C23H18BrNOS. The average Bonchev–Trinajstić information content (AvgIpc) is 2.70. The monoisotopic (exact) mass is 435 g/mol. The highest BCUT2D eigenvalue weighted by Gasteiger charge is 2.14. The largest absolute Gasteiger partial charge is 0.359 e. The summed E-state index contributed by atoms with van der Waals surface area (Å²) in [5.41, 5.74) is 3.20. The molecule has 4 aromatic rings. The van der Waals surface area contributed by atoms with Gasteiger partial charge in [0.2, 0.25) is 5.43 Å². The summed E-state index contributed by atoms with van der Waals surface area (Å²) < 4.78 is 1.93. The Morgan fingerprint density at radius 3 is 2.00 bits per heavy atom. The Labute approximate surface area is 170 Å². The van der Waals surface area contributed by atoms with Crippen LogP contribution in [0, 0.1) is 0 Å². The molecule has 0 aliphatic carbocycles. The van der Waals surface area contributed by atoms with Crippen LogP contribution in [0.15, 0.2) is 93.5 Å². The molecule has 0 unspecified atom stereocenters. The lowest BCUT2D eigenvalue weighted by atomic mass is 10.1. The Kier molecular flexibility index (Phi) is 5.37. The van der Waals surface area contributed by atoms with Crippen LogP contribution in [0.4, 0.5) is 5.69 Å². The lowest BCUT2D eigenvalue weighted by Gasteiger charge is -2.24. The number of nitrogens with zero attached hydrogens (tertiary/aromatic N) is 1. The van der Waals surface area contributed by atoms with Gasteiger partial charge in [0.05, 0.1) is 5.69 Å². The van der Waals surface area contributed by atoms with E-state index in [1.54, 1.807) is 11.3 Å². The molecule has 0 spiro atoms. The quantitative estimate of drug-likeness (QED) is 0.370. The summed E-state index contributed by atoms with van der Waals surface area (Å²) in [6.07, 6.45) is 0. The Bertz CT molecular complexity index is 1070. The second-order valence-corrected chi connectivity index (χ2v) is 8.24. The minimum absolute atomic E-state index is 0.0805. The number of rotatable bonds is 5. The molecule has 0 fully saturated rings. The molecule has 4 rings (SSSR count). The summed E-state index contributed by atoms with van der Waals surface area (Å²) in [6, 6.07) is 26.5. The molecule has 1 heterocycles. The van der Waals surface area contributed by atoms with Crippen molar-refractivity contribution >= 4 is 43.0 Å². The molecular weight excluding hydrogens is 418 g/mol. The Morgan fingerprint density at radius 2 is 1.41 bits per heavy atom. The first-order chi connectivity index (χ1) is 13.2. The number of hydrogen-bond donors (Lipinski definition) is 0. The van der Waals surface area contributed by atoms with Gasteiger partial charge in [-0.25, -0.2) is 0 Å². The SMILES string of the molecule is O=c1c(N(Cc2ccccc2)Cc2ccccc2)csc2ccc(Br)cc12. The van der Waals surface area contributed by atoms with Crippen LogP contribution in [-0.2, 0) is 13.1 Å². The maximum Gasteiger partial charge on any atom is 0.211 e. The Hall–Kier alpha value is -2.43. The molecule has 27 heavy (non-hydrogen) atoms. The number of hydrogen-bond acceptors (Lipinski definition) is 3. The molecule has 0 amide bonds. The van der Waals surface area contributed by atoms with Crippen LogP contribution >= 0.6 is 27.3 Å². The van der Waals surface area contributed by atoms with Crippen molar-refractivity contribution in [2.45, 2.75) is 13.1 Å². The second-order valence-electron chi connectivity index (χ2n) is 6.42. The first-order valence-corrected chi connectivity index (χ1v) is 10.4. The summed E-state index contributed by atoms with van der Waals surface area (Å²) in [5, 5.41) is 2.75.